The second-order valence-corrected chi connectivity index (χ2v) is 20.6. The van der Waals surface area contributed by atoms with Gasteiger partial charge in [-0.15, -0.1) is 0 Å². The smallest absolute Gasteiger partial charge is 0.0535 e. The van der Waals surface area contributed by atoms with E-state index < -0.39 is 8.07 Å². The third-order valence-electron chi connectivity index (χ3n) is 13.4. The SMILES string of the molecule is c1ccc(-c2ccc(-c3ccc4c(c3)c(-c3ccc(-c5ccccc5)cc3)cn4-c3ccc4c(c3)[Si-](c3ccccc3)(c3ccccc3)c3cc(-c5ccccc5)ccc3-4)cc2)cc1. The molecule has 0 saturated carbocycles. The van der Waals surface area contributed by atoms with Crippen LogP contribution in [-0.4, -0.2) is 12.6 Å². The second-order valence-electron chi connectivity index (χ2n) is 16.9. The Balaban J connectivity index is 1.06. The van der Waals surface area contributed by atoms with Crippen LogP contribution in [0.4, 0.5) is 0 Å². The molecule has 10 aromatic carbocycles. The van der Waals surface area contributed by atoms with Crippen LogP contribution in [0, 0.1) is 0 Å². The Hall–Kier alpha value is -8.04. The van der Waals surface area contributed by atoms with Gasteiger partial charge >= 0.3 is 0 Å². The normalized spacial score (nSPS) is 12.5. The number of aromatic nitrogens is 1. The summed E-state index contributed by atoms with van der Waals surface area (Å²) in [5.41, 5.74) is 17.2. The number of hydrogen-bond donors (Lipinski definition) is 0. The Kier molecular flexibility index (Phi) is 9.25. The molecule has 0 amide bonds. The summed E-state index contributed by atoms with van der Waals surface area (Å²) in [5, 5.41) is 6.88. The molecule has 0 fully saturated rings. The fraction of sp³-hybridized carbons (Fsp3) is 0. The van der Waals surface area contributed by atoms with E-state index in [9.17, 15) is 0 Å². The predicted octanol–water partition coefficient (Wildman–Crippen LogP) is 13.3. The van der Waals surface area contributed by atoms with Crippen LogP contribution in [0.1, 0.15) is 0 Å². The van der Waals surface area contributed by atoms with Crippen LogP contribution in [0.25, 0.3) is 83.4 Å². The van der Waals surface area contributed by atoms with Gasteiger partial charge in [0.05, 0.1) is 5.52 Å². The van der Waals surface area contributed by atoms with Crippen molar-refractivity contribution in [3.8, 4) is 72.4 Å². The summed E-state index contributed by atoms with van der Waals surface area (Å²) in [4.78, 5) is 0. The van der Waals surface area contributed by atoms with Crippen molar-refractivity contribution in [1.29, 1.82) is 0 Å². The van der Waals surface area contributed by atoms with E-state index in [-0.39, 0.29) is 0 Å². The fourth-order valence-electron chi connectivity index (χ4n) is 10.2. The van der Waals surface area contributed by atoms with Crippen molar-refractivity contribution in [2.24, 2.45) is 0 Å². The molecule has 0 unspecified atom stereocenters. The van der Waals surface area contributed by atoms with Crippen molar-refractivity contribution in [2.75, 3.05) is 0 Å². The molecule has 1 aliphatic heterocycles. The van der Waals surface area contributed by atoms with Gasteiger partial charge in [-0.2, -0.15) is 20.7 Å². The number of benzene rings is 10. The van der Waals surface area contributed by atoms with Crippen LogP contribution in [0.3, 0.4) is 0 Å². The van der Waals surface area contributed by atoms with Gasteiger partial charge in [-0.3, -0.25) is 0 Å². The van der Waals surface area contributed by atoms with E-state index in [0.717, 1.165) is 5.69 Å². The second kappa shape index (κ2) is 15.7. The first-order chi connectivity index (χ1) is 31.7. The predicted molar refractivity (Wildman–Crippen MR) is 273 cm³/mol. The van der Waals surface area contributed by atoms with Gasteiger partial charge < -0.3 is 4.57 Å². The third kappa shape index (κ3) is 6.30. The van der Waals surface area contributed by atoms with Crippen molar-refractivity contribution in [3.05, 3.63) is 261 Å². The molecule has 0 aliphatic carbocycles. The van der Waals surface area contributed by atoms with Crippen molar-refractivity contribution < 1.29 is 0 Å². The first-order valence-corrected chi connectivity index (χ1v) is 24.2. The molecule has 64 heavy (non-hydrogen) atoms. The zero-order valence-corrected chi connectivity index (χ0v) is 36.3. The molecular formula is C62H43NSi-. The van der Waals surface area contributed by atoms with Gasteiger partial charge in [0.2, 0.25) is 0 Å². The summed E-state index contributed by atoms with van der Waals surface area (Å²) >= 11 is 0. The Morgan fingerprint density at radius 2 is 0.641 bits per heavy atom. The summed E-state index contributed by atoms with van der Waals surface area (Å²) in [5.74, 6) is 0. The largest absolute Gasteiger partial charge is 0.316 e. The minimum atomic E-state index is -2.81. The minimum absolute atomic E-state index is 1.16. The molecule has 0 saturated heterocycles. The first-order valence-electron chi connectivity index (χ1n) is 22.2. The van der Waals surface area contributed by atoms with Crippen LogP contribution in [0.2, 0.25) is 0 Å². The zero-order valence-electron chi connectivity index (χ0n) is 35.3. The molecule has 2 heterocycles. The molecule has 0 atom stereocenters. The molecule has 0 bridgehead atoms. The van der Waals surface area contributed by atoms with E-state index in [2.05, 4.69) is 266 Å². The maximum absolute atomic E-state index is 2.81. The maximum atomic E-state index is 2.53. The highest BCUT2D eigenvalue weighted by atomic mass is 28.3. The Bertz CT molecular complexity index is 3390. The lowest BCUT2D eigenvalue weighted by atomic mass is 9.97. The number of nitrogens with zero attached hydrogens (tertiary/aromatic N) is 1. The van der Waals surface area contributed by atoms with Crippen molar-refractivity contribution >= 4 is 39.7 Å². The summed E-state index contributed by atoms with van der Waals surface area (Å²) in [7, 11) is -2.81. The van der Waals surface area contributed by atoms with Crippen LogP contribution in [0.15, 0.2) is 261 Å². The highest BCUT2D eigenvalue weighted by Crippen LogP contribution is 2.39. The molecule has 2 heteroatoms. The van der Waals surface area contributed by atoms with Crippen LogP contribution in [-0.2, 0) is 0 Å². The van der Waals surface area contributed by atoms with Crippen LogP contribution < -0.4 is 20.7 Å². The number of hydrogen-bond acceptors (Lipinski definition) is 0. The molecule has 301 valence electrons. The zero-order chi connectivity index (χ0) is 42.5. The highest BCUT2D eigenvalue weighted by molar-refractivity contribution is 7.22. The number of fused-ring (bicyclic) bond motifs is 4. The molecule has 0 spiro atoms. The van der Waals surface area contributed by atoms with E-state index >= 15 is 0 Å². The van der Waals surface area contributed by atoms with Gasteiger partial charge in [-0.25, -0.2) is 0 Å². The van der Waals surface area contributed by atoms with Gasteiger partial charge in [0.1, 0.15) is 0 Å². The molecule has 0 radical (unpaired) electrons. The molecule has 0 N–H and O–H groups in total. The monoisotopic (exact) mass is 829 g/mol. The lowest BCUT2D eigenvalue weighted by Gasteiger charge is -2.44. The van der Waals surface area contributed by atoms with E-state index in [4.69, 9.17) is 0 Å². The quantitative estimate of drug-likeness (QED) is 0.134. The van der Waals surface area contributed by atoms with Crippen LogP contribution in [0.5, 0.6) is 0 Å². The third-order valence-corrected chi connectivity index (χ3v) is 18.2. The van der Waals surface area contributed by atoms with E-state index in [0.29, 0.717) is 0 Å². The van der Waals surface area contributed by atoms with E-state index in [1.165, 1.54) is 98.4 Å². The summed E-state index contributed by atoms with van der Waals surface area (Å²) < 4.78 is 2.44. The minimum Gasteiger partial charge on any atom is -0.316 e. The Morgan fingerprint density at radius 1 is 0.266 bits per heavy atom. The Morgan fingerprint density at radius 3 is 1.17 bits per heavy atom. The lowest BCUT2D eigenvalue weighted by Crippen LogP contribution is -2.72. The van der Waals surface area contributed by atoms with Gasteiger partial charge in [-0.05, 0) is 76.3 Å². The van der Waals surface area contributed by atoms with E-state index in [1.54, 1.807) is 0 Å². The van der Waals surface area contributed by atoms with Gasteiger partial charge in [0, 0.05) is 22.8 Å². The average molecular weight is 830 g/mol. The molecule has 1 nitrogen and oxygen atoms in total. The first kappa shape index (κ1) is 37.7. The maximum Gasteiger partial charge on any atom is 0.0535 e. The Labute approximate surface area is 375 Å². The standard InChI is InChI=1S/C62H43NSi/c1-6-16-44(17-7-1)47-26-28-49(29-27-47)51-35-39-60-58(40-51)59(50-32-30-48(31-33-50)45-18-8-2-9-19-45)43-63(60)53-36-38-57-56-37-34-52(46-20-10-3-11-21-46)41-61(56)64(62(57)42-53,54-22-12-4-13-23-54)55-24-14-5-15-25-55/h1-43H/q-1. The fourth-order valence-corrected chi connectivity index (χ4v) is 15.5. The van der Waals surface area contributed by atoms with E-state index in [1.807, 2.05) is 0 Å². The topological polar surface area (TPSA) is 4.93 Å². The molecule has 12 rings (SSSR count). The van der Waals surface area contributed by atoms with Crippen molar-refractivity contribution in [1.82, 2.24) is 4.57 Å². The van der Waals surface area contributed by atoms with Crippen molar-refractivity contribution in [3.63, 3.8) is 0 Å². The molecule has 1 aliphatic rings. The van der Waals surface area contributed by atoms with Gasteiger partial charge in [0.15, 0.2) is 0 Å². The lowest BCUT2D eigenvalue weighted by molar-refractivity contribution is 1.13. The van der Waals surface area contributed by atoms with Crippen LogP contribution >= 0.6 is 0 Å². The highest BCUT2D eigenvalue weighted by Gasteiger charge is 2.37. The summed E-state index contributed by atoms with van der Waals surface area (Å²) in [6.45, 7) is 0. The average Bonchev–Trinajstić information content (AvgIpc) is 3.91. The van der Waals surface area contributed by atoms with Crippen molar-refractivity contribution in [2.45, 2.75) is 0 Å². The summed E-state index contributed by atoms with van der Waals surface area (Å²) in [6.07, 6.45) is 2.37. The number of rotatable bonds is 8. The molecule has 11 aromatic rings. The van der Waals surface area contributed by atoms with Gasteiger partial charge in [-0.1, -0.05) is 248 Å². The molecular weight excluding hydrogens is 787 g/mol. The molecule has 1 aromatic heterocycles. The summed E-state index contributed by atoms with van der Waals surface area (Å²) in [6, 6.07) is 94.3. The van der Waals surface area contributed by atoms with Gasteiger partial charge in [0.25, 0.3) is 0 Å².